The largest absolute Gasteiger partial charge is 0.393 e. The van der Waals surface area contributed by atoms with Crippen molar-refractivity contribution in [1.29, 1.82) is 0 Å². The fourth-order valence-electron chi connectivity index (χ4n) is 6.78. The highest BCUT2D eigenvalue weighted by atomic mass is 16.6. The number of rotatable bonds is 6. The molecule has 0 amide bonds. The summed E-state index contributed by atoms with van der Waals surface area (Å²) in [5.41, 5.74) is 3.65. The van der Waals surface area contributed by atoms with Crippen molar-refractivity contribution in [1.82, 2.24) is 0 Å². The number of hydrogen-bond donors (Lipinski definition) is 3. The molecule has 0 bridgehead atoms. The summed E-state index contributed by atoms with van der Waals surface area (Å²) in [4.78, 5) is 0. The van der Waals surface area contributed by atoms with Crippen LogP contribution in [-0.2, 0) is 4.74 Å². The lowest BCUT2D eigenvalue weighted by atomic mass is 9.60. The van der Waals surface area contributed by atoms with Gasteiger partial charge in [-0.3, -0.25) is 0 Å². The zero-order chi connectivity index (χ0) is 21.5. The minimum absolute atomic E-state index is 0.0907. The van der Waals surface area contributed by atoms with Crippen LogP contribution in [-0.4, -0.2) is 46.3 Å². The number of ether oxygens (including phenoxy) is 1. The van der Waals surface area contributed by atoms with Crippen molar-refractivity contribution in [2.75, 3.05) is 6.61 Å². The molecular weight excluding hydrogens is 376 g/mol. The molecule has 4 fully saturated rings. The van der Waals surface area contributed by atoms with Crippen LogP contribution < -0.4 is 0 Å². The Morgan fingerprint density at radius 3 is 2.73 bits per heavy atom. The van der Waals surface area contributed by atoms with Gasteiger partial charge in [0.05, 0.1) is 24.9 Å². The van der Waals surface area contributed by atoms with E-state index in [9.17, 15) is 15.3 Å². The maximum Gasteiger partial charge on any atom is 0.107 e. The normalized spacial score (nSPS) is 43.6. The van der Waals surface area contributed by atoms with Crippen molar-refractivity contribution in [3.8, 4) is 0 Å². The molecule has 0 aromatic rings. The zero-order valence-corrected chi connectivity index (χ0v) is 18.7. The average molecular weight is 417 g/mol. The maximum atomic E-state index is 10.2. The Morgan fingerprint density at radius 2 is 2.00 bits per heavy atom. The summed E-state index contributed by atoms with van der Waals surface area (Å²) >= 11 is 0. The summed E-state index contributed by atoms with van der Waals surface area (Å²) in [5.74, 6) is 1.95. The molecule has 30 heavy (non-hydrogen) atoms. The zero-order valence-electron chi connectivity index (χ0n) is 18.7. The smallest absolute Gasteiger partial charge is 0.107 e. The molecule has 3 N–H and O–H groups in total. The van der Waals surface area contributed by atoms with E-state index in [1.54, 1.807) is 5.57 Å². The van der Waals surface area contributed by atoms with Crippen LogP contribution >= 0.6 is 0 Å². The van der Waals surface area contributed by atoms with E-state index in [1.807, 2.05) is 0 Å². The lowest BCUT2D eigenvalue weighted by molar-refractivity contribution is 0.0759. The monoisotopic (exact) mass is 416 g/mol. The molecule has 168 valence electrons. The minimum Gasteiger partial charge on any atom is -0.393 e. The molecule has 8 atom stereocenters. The van der Waals surface area contributed by atoms with E-state index in [4.69, 9.17) is 4.74 Å². The SMILES string of the molecule is C=C1/C(=C\C=C2/CCC[C@]3(C)[C@@H]([C@H](C)CC[C@H](O)C4CO4)CC[C@@H]23)C[C@@H](O)C[C@@H]1O. The summed E-state index contributed by atoms with van der Waals surface area (Å²) in [6.45, 7) is 9.66. The maximum absolute atomic E-state index is 10.2. The van der Waals surface area contributed by atoms with Crippen LogP contribution in [0.15, 0.2) is 35.5 Å². The van der Waals surface area contributed by atoms with Gasteiger partial charge < -0.3 is 20.1 Å². The number of aliphatic hydroxyl groups excluding tert-OH is 3. The van der Waals surface area contributed by atoms with Crippen molar-refractivity contribution in [3.63, 3.8) is 0 Å². The Labute approximate surface area is 181 Å². The van der Waals surface area contributed by atoms with E-state index in [2.05, 4.69) is 32.6 Å². The number of fused-ring (bicyclic) bond motifs is 1. The van der Waals surface area contributed by atoms with E-state index in [1.165, 1.54) is 25.7 Å². The summed E-state index contributed by atoms with van der Waals surface area (Å²) in [6.07, 6.45) is 12.2. The van der Waals surface area contributed by atoms with Gasteiger partial charge in [-0.1, -0.05) is 38.2 Å². The first-order chi connectivity index (χ1) is 14.3. The number of epoxide rings is 1. The molecule has 4 nitrogen and oxygen atoms in total. The highest BCUT2D eigenvalue weighted by Crippen LogP contribution is 2.60. The fraction of sp³-hybridized carbons (Fsp3) is 0.769. The highest BCUT2D eigenvalue weighted by Gasteiger charge is 2.50. The van der Waals surface area contributed by atoms with Crippen molar-refractivity contribution in [2.24, 2.45) is 23.2 Å². The van der Waals surface area contributed by atoms with E-state index < -0.39 is 12.2 Å². The topological polar surface area (TPSA) is 73.2 Å². The van der Waals surface area contributed by atoms with Gasteiger partial charge in [-0.05, 0) is 85.7 Å². The van der Waals surface area contributed by atoms with Crippen LogP contribution in [0.3, 0.4) is 0 Å². The molecule has 0 aromatic carbocycles. The van der Waals surface area contributed by atoms with Crippen LogP contribution in [0.1, 0.15) is 71.6 Å². The Hall–Kier alpha value is -0.940. The van der Waals surface area contributed by atoms with Gasteiger partial charge in [0.15, 0.2) is 0 Å². The van der Waals surface area contributed by atoms with Crippen LogP contribution in [0.4, 0.5) is 0 Å². The first-order valence-electron chi connectivity index (χ1n) is 12.0. The summed E-state index contributed by atoms with van der Waals surface area (Å²) in [6, 6.07) is 0. The molecule has 1 unspecified atom stereocenters. The molecule has 1 aliphatic heterocycles. The molecule has 4 aliphatic rings. The third-order valence-corrected chi connectivity index (χ3v) is 8.70. The van der Waals surface area contributed by atoms with Crippen molar-refractivity contribution >= 4 is 0 Å². The lowest BCUT2D eigenvalue weighted by Gasteiger charge is -2.44. The molecule has 4 heteroatoms. The molecule has 0 spiro atoms. The van der Waals surface area contributed by atoms with E-state index in [0.29, 0.717) is 36.0 Å². The third-order valence-electron chi connectivity index (χ3n) is 8.70. The van der Waals surface area contributed by atoms with Gasteiger partial charge in [-0.15, -0.1) is 0 Å². The van der Waals surface area contributed by atoms with Gasteiger partial charge in [0.25, 0.3) is 0 Å². The standard InChI is InChI=1S/C26H40O4/c1-16(6-11-23(28)25-15-30-25)21-9-10-22-18(5-4-12-26(21,22)3)7-8-19-13-20(27)14-24(29)17(19)2/h7-8,16,20-25,27-29H,2,4-6,9-15H2,1,3H3/b18-7+,19-8-/t16-,20-,21-,22+,23+,24+,25?,26-/m1/s1. The molecule has 1 heterocycles. The number of hydrogen-bond acceptors (Lipinski definition) is 4. The molecule has 0 radical (unpaired) electrons. The van der Waals surface area contributed by atoms with Crippen molar-refractivity contribution in [3.05, 3.63) is 35.5 Å². The van der Waals surface area contributed by atoms with Crippen LogP contribution in [0.25, 0.3) is 0 Å². The van der Waals surface area contributed by atoms with Gasteiger partial charge in [-0.2, -0.15) is 0 Å². The predicted octanol–water partition coefficient (Wildman–Crippen LogP) is 4.30. The molecular formula is C26H40O4. The van der Waals surface area contributed by atoms with Gasteiger partial charge in [0.2, 0.25) is 0 Å². The third kappa shape index (κ3) is 4.48. The summed E-state index contributed by atoms with van der Waals surface area (Å²) in [5, 5.41) is 30.3. The second kappa shape index (κ2) is 8.90. The Bertz CT molecular complexity index is 706. The van der Waals surface area contributed by atoms with Crippen LogP contribution in [0.5, 0.6) is 0 Å². The van der Waals surface area contributed by atoms with Gasteiger partial charge in [0.1, 0.15) is 6.10 Å². The summed E-state index contributed by atoms with van der Waals surface area (Å²) in [7, 11) is 0. The number of allylic oxidation sites excluding steroid dienone is 3. The van der Waals surface area contributed by atoms with Crippen LogP contribution in [0, 0.1) is 23.2 Å². The Balaban J connectivity index is 1.44. The first kappa shape index (κ1) is 22.3. The highest BCUT2D eigenvalue weighted by molar-refractivity contribution is 5.38. The molecule has 1 saturated heterocycles. The van der Waals surface area contributed by atoms with E-state index in [-0.39, 0.29) is 12.2 Å². The second-order valence-corrected chi connectivity index (χ2v) is 10.7. The number of aliphatic hydroxyl groups is 3. The Kier molecular flexibility index (Phi) is 6.60. The van der Waals surface area contributed by atoms with Gasteiger partial charge in [-0.25, -0.2) is 0 Å². The van der Waals surface area contributed by atoms with E-state index >= 15 is 0 Å². The molecule has 3 saturated carbocycles. The molecule has 0 aromatic heterocycles. The first-order valence-corrected chi connectivity index (χ1v) is 12.0. The lowest BCUT2D eigenvalue weighted by Crippen LogP contribution is -2.36. The average Bonchev–Trinajstić information content (AvgIpc) is 3.49. The quantitative estimate of drug-likeness (QED) is 0.564. The second-order valence-electron chi connectivity index (χ2n) is 10.7. The van der Waals surface area contributed by atoms with Crippen LogP contribution in [0.2, 0.25) is 0 Å². The predicted molar refractivity (Wildman–Crippen MR) is 119 cm³/mol. The minimum atomic E-state index is -0.622. The van der Waals surface area contributed by atoms with Gasteiger partial charge >= 0.3 is 0 Å². The van der Waals surface area contributed by atoms with Crippen molar-refractivity contribution in [2.45, 2.75) is 96.1 Å². The fourth-order valence-corrected chi connectivity index (χ4v) is 6.78. The molecule has 4 rings (SSSR count). The van der Waals surface area contributed by atoms with Crippen molar-refractivity contribution < 1.29 is 20.1 Å². The van der Waals surface area contributed by atoms with E-state index in [0.717, 1.165) is 37.0 Å². The molecule has 3 aliphatic carbocycles. The Morgan fingerprint density at radius 1 is 1.23 bits per heavy atom. The van der Waals surface area contributed by atoms with Gasteiger partial charge in [0, 0.05) is 6.42 Å². The summed E-state index contributed by atoms with van der Waals surface area (Å²) < 4.78 is 5.25.